The fraction of sp³-hybridized carbons (Fsp3) is 0.727. The average Bonchev–Trinajstić information content (AvgIpc) is 3.01. The Morgan fingerprint density at radius 1 is 1.65 bits per heavy atom. The van der Waals surface area contributed by atoms with Gasteiger partial charge in [-0.05, 0) is 43.5 Å². The maximum absolute atomic E-state index is 10.1. The fourth-order valence-corrected chi connectivity index (χ4v) is 3.35. The van der Waals surface area contributed by atoms with Crippen LogP contribution in [0.2, 0.25) is 0 Å². The molecular weight excluding hydrogens is 254 g/mol. The number of thioether (sulfide) groups is 1. The molecule has 0 spiro atoms. The van der Waals surface area contributed by atoms with Gasteiger partial charge in [-0.3, -0.25) is 0 Å². The molecule has 0 bridgehead atoms. The van der Waals surface area contributed by atoms with E-state index < -0.39 is 5.60 Å². The van der Waals surface area contributed by atoms with Crippen LogP contribution in [0.5, 0.6) is 0 Å². The minimum atomic E-state index is -0.695. The Morgan fingerprint density at radius 2 is 2.35 bits per heavy atom. The van der Waals surface area contributed by atoms with E-state index in [0.717, 1.165) is 10.6 Å². The normalized spacial score (nSPS) is 19.0. The van der Waals surface area contributed by atoms with E-state index in [2.05, 4.69) is 9.69 Å². The van der Waals surface area contributed by atoms with E-state index in [1.54, 1.807) is 11.8 Å². The first-order chi connectivity index (χ1) is 8.03. The van der Waals surface area contributed by atoms with Crippen LogP contribution in [0, 0.1) is 0 Å². The Bertz CT molecular complexity index is 388. The molecule has 0 saturated heterocycles. The van der Waals surface area contributed by atoms with Crippen molar-refractivity contribution in [3.05, 3.63) is 5.56 Å². The minimum Gasteiger partial charge on any atom is -0.387 e. The molecule has 1 aliphatic carbocycles. The summed E-state index contributed by atoms with van der Waals surface area (Å²) in [5, 5.41) is 14.4. The Morgan fingerprint density at radius 3 is 2.94 bits per heavy atom. The highest BCUT2D eigenvalue weighted by molar-refractivity contribution is 7.98. The zero-order chi connectivity index (χ0) is 12.5. The van der Waals surface area contributed by atoms with Crippen molar-refractivity contribution in [2.24, 2.45) is 0 Å². The lowest BCUT2D eigenvalue weighted by atomic mass is 10.1. The molecule has 1 heterocycles. The van der Waals surface area contributed by atoms with Gasteiger partial charge in [-0.25, -0.2) is 0 Å². The molecule has 1 unspecified atom stereocenters. The molecule has 1 atom stereocenters. The van der Waals surface area contributed by atoms with Gasteiger partial charge in [0.15, 0.2) is 0 Å². The number of nitrogen functional groups attached to an aromatic ring is 1. The fourth-order valence-electron chi connectivity index (χ4n) is 1.84. The van der Waals surface area contributed by atoms with Crippen LogP contribution in [-0.2, 0) is 0 Å². The number of nitrogens with two attached hydrogens (primary N) is 1. The van der Waals surface area contributed by atoms with Crippen LogP contribution in [0.4, 0.5) is 10.8 Å². The van der Waals surface area contributed by atoms with Crippen molar-refractivity contribution in [1.29, 1.82) is 0 Å². The first-order valence-corrected chi connectivity index (χ1v) is 7.90. The SMILES string of the molecule is CSCC(C)(O)CNc1snc(N)c1C1CC1. The maximum atomic E-state index is 10.1. The second-order valence-corrected chi connectivity index (χ2v) is 6.51. The number of aromatic nitrogens is 1. The lowest BCUT2D eigenvalue weighted by Crippen LogP contribution is -2.36. The summed E-state index contributed by atoms with van der Waals surface area (Å²) >= 11 is 3.04. The first kappa shape index (κ1) is 13.0. The van der Waals surface area contributed by atoms with Crippen LogP contribution in [0.1, 0.15) is 31.2 Å². The van der Waals surface area contributed by atoms with Crippen LogP contribution in [-0.4, -0.2) is 33.6 Å². The average molecular weight is 273 g/mol. The van der Waals surface area contributed by atoms with E-state index in [9.17, 15) is 5.11 Å². The summed E-state index contributed by atoms with van der Waals surface area (Å²) in [7, 11) is 0. The Kier molecular flexibility index (Phi) is 3.85. The third-order valence-electron chi connectivity index (χ3n) is 2.83. The number of hydrogen-bond donors (Lipinski definition) is 3. The number of anilines is 2. The van der Waals surface area contributed by atoms with Crippen molar-refractivity contribution in [3.8, 4) is 0 Å². The summed E-state index contributed by atoms with van der Waals surface area (Å²) < 4.78 is 4.19. The quantitative estimate of drug-likeness (QED) is 0.740. The third kappa shape index (κ3) is 3.26. The monoisotopic (exact) mass is 273 g/mol. The smallest absolute Gasteiger partial charge is 0.142 e. The highest BCUT2D eigenvalue weighted by Crippen LogP contribution is 2.47. The van der Waals surface area contributed by atoms with Crippen LogP contribution in [0.15, 0.2) is 0 Å². The Balaban J connectivity index is 1.99. The molecule has 1 aromatic rings. The summed E-state index contributed by atoms with van der Waals surface area (Å²) in [6.07, 6.45) is 4.41. The van der Waals surface area contributed by atoms with Gasteiger partial charge in [-0.15, -0.1) is 0 Å². The molecule has 96 valence electrons. The van der Waals surface area contributed by atoms with Gasteiger partial charge < -0.3 is 16.2 Å². The number of aliphatic hydroxyl groups is 1. The van der Waals surface area contributed by atoms with E-state index >= 15 is 0 Å². The lowest BCUT2D eigenvalue weighted by molar-refractivity contribution is 0.0998. The molecule has 17 heavy (non-hydrogen) atoms. The van der Waals surface area contributed by atoms with E-state index in [1.807, 2.05) is 13.2 Å². The zero-order valence-corrected chi connectivity index (χ0v) is 11.8. The molecule has 0 aromatic carbocycles. The van der Waals surface area contributed by atoms with Crippen molar-refractivity contribution in [2.75, 3.05) is 29.6 Å². The molecule has 1 aliphatic rings. The third-order valence-corrected chi connectivity index (χ3v) is 4.57. The van der Waals surface area contributed by atoms with Crippen LogP contribution in [0.25, 0.3) is 0 Å². The molecule has 4 nitrogen and oxygen atoms in total. The Hall–Kier alpha value is -0.460. The van der Waals surface area contributed by atoms with Crippen molar-refractivity contribution in [2.45, 2.75) is 31.3 Å². The second-order valence-electron chi connectivity index (χ2n) is 4.87. The minimum absolute atomic E-state index is 0.537. The van der Waals surface area contributed by atoms with E-state index in [4.69, 9.17) is 5.73 Å². The topological polar surface area (TPSA) is 71.2 Å². The molecule has 0 aliphatic heterocycles. The summed E-state index contributed by atoms with van der Waals surface area (Å²) in [4.78, 5) is 0. The second kappa shape index (κ2) is 5.04. The van der Waals surface area contributed by atoms with Gasteiger partial charge in [0.25, 0.3) is 0 Å². The highest BCUT2D eigenvalue weighted by atomic mass is 32.2. The van der Waals surface area contributed by atoms with E-state index in [1.165, 1.54) is 24.4 Å². The lowest BCUT2D eigenvalue weighted by Gasteiger charge is -2.22. The molecule has 1 fully saturated rings. The largest absolute Gasteiger partial charge is 0.387 e. The molecule has 2 rings (SSSR count). The summed E-state index contributed by atoms with van der Waals surface area (Å²) in [5.74, 6) is 1.96. The van der Waals surface area contributed by atoms with Crippen molar-refractivity contribution in [3.63, 3.8) is 0 Å². The van der Waals surface area contributed by atoms with Crippen LogP contribution < -0.4 is 11.1 Å². The van der Waals surface area contributed by atoms with Gasteiger partial charge in [-0.1, -0.05) is 0 Å². The summed E-state index contributed by atoms with van der Waals surface area (Å²) in [6, 6.07) is 0. The zero-order valence-electron chi connectivity index (χ0n) is 10.2. The molecule has 1 saturated carbocycles. The van der Waals surface area contributed by atoms with Crippen molar-refractivity contribution in [1.82, 2.24) is 4.37 Å². The molecule has 0 amide bonds. The standard InChI is InChI=1S/C11H19N3OS2/c1-11(15,6-16-2)5-13-10-8(7-3-4-7)9(12)14-17-10/h7,13,15H,3-6H2,1-2H3,(H2,12,14). The summed E-state index contributed by atoms with van der Waals surface area (Å²) in [6.45, 7) is 2.38. The molecular formula is C11H19N3OS2. The van der Waals surface area contributed by atoms with Crippen molar-refractivity contribution < 1.29 is 5.11 Å². The van der Waals surface area contributed by atoms with Crippen molar-refractivity contribution >= 4 is 34.1 Å². The number of nitrogens with zero attached hydrogens (tertiary/aromatic N) is 1. The molecule has 4 N–H and O–H groups in total. The van der Waals surface area contributed by atoms with Gasteiger partial charge >= 0.3 is 0 Å². The van der Waals surface area contributed by atoms with Gasteiger partial charge in [0, 0.05) is 17.9 Å². The van der Waals surface area contributed by atoms with Gasteiger partial charge in [0.2, 0.25) is 0 Å². The van der Waals surface area contributed by atoms with E-state index in [0.29, 0.717) is 24.0 Å². The number of nitrogens with one attached hydrogen (secondary N) is 1. The number of hydrogen-bond acceptors (Lipinski definition) is 6. The highest BCUT2D eigenvalue weighted by Gasteiger charge is 2.31. The maximum Gasteiger partial charge on any atom is 0.142 e. The molecule has 0 radical (unpaired) electrons. The summed E-state index contributed by atoms with van der Waals surface area (Å²) in [5.41, 5.74) is 6.34. The van der Waals surface area contributed by atoms with Crippen LogP contribution >= 0.6 is 23.3 Å². The van der Waals surface area contributed by atoms with Gasteiger partial charge in [0.05, 0.1) is 5.60 Å². The molecule has 6 heteroatoms. The predicted octanol–water partition coefficient (Wildman–Crippen LogP) is 2.13. The van der Waals surface area contributed by atoms with Gasteiger partial charge in [0.1, 0.15) is 10.8 Å². The van der Waals surface area contributed by atoms with Gasteiger partial charge in [-0.2, -0.15) is 16.1 Å². The first-order valence-electron chi connectivity index (χ1n) is 5.74. The predicted molar refractivity (Wildman–Crippen MR) is 76.0 cm³/mol. The Labute approximate surface area is 110 Å². The molecule has 1 aromatic heterocycles. The van der Waals surface area contributed by atoms with Crippen LogP contribution in [0.3, 0.4) is 0 Å². The number of rotatable bonds is 6. The van der Waals surface area contributed by atoms with E-state index in [-0.39, 0.29) is 0 Å².